The van der Waals surface area contributed by atoms with Crippen molar-refractivity contribution in [3.8, 4) is 0 Å². The van der Waals surface area contributed by atoms with Gasteiger partial charge >= 0.3 is 0 Å². The Kier molecular flexibility index (Phi) is 5.52. The second kappa shape index (κ2) is 6.42. The summed E-state index contributed by atoms with van der Waals surface area (Å²) in [7, 11) is 0. The van der Waals surface area contributed by atoms with Gasteiger partial charge in [0.15, 0.2) is 0 Å². The summed E-state index contributed by atoms with van der Waals surface area (Å²) >= 11 is 5.78. The molecule has 0 aromatic rings. The first-order valence-electron chi connectivity index (χ1n) is 5.76. The van der Waals surface area contributed by atoms with Crippen LogP contribution in [0.4, 0.5) is 0 Å². The number of nitrogens with zero attached hydrogens (tertiary/aromatic N) is 1. The number of carbonyl (C=O) groups is 1. The van der Waals surface area contributed by atoms with Crippen molar-refractivity contribution >= 4 is 17.5 Å². The van der Waals surface area contributed by atoms with E-state index in [1.165, 1.54) is 0 Å². The molecule has 0 N–H and O–H groups in total. The predicted molar refractivity (Wildman–Crippen MR) is 62.7 cm³/mol. The normalized spacial score (nSPS) is 27.1. The first-order chi connectivity index (χ1) is 7.60. The van der Waals surface area contributed by atoms with Gasteiger partial charge in [-0.3, -0.25) is 4.79 Å². The number of likely N-dealkylation sites (tertiary alicyclic amines) is 1. The number of hydrogen-bond acceptors (Lipinski definition) is 3. The summed E-state index contributed by atoms with van der Waals surface area (Å²) in [6.45, 7) is 7.99. The fourth-order valence-corrected chi connectivity index (χ4v) is 2.06. The van der Waals surface area contributed by atoms with Crippen LogP contribution in [0, 0.1) is 0 Å². The van der Waals surface area contributed by atoms with Crippen molar-refractivity contribution in [2.45, 2.75) is 38.4 Å². The number of alkyl halides is 1. The van der Waals surface area contributed by atoms with Crippen LogP contribution in [0.25, 0.3) is 0 Å². The summed E-state index contributed by atoms with van der Waals surface area (Å²) in [4.78, 5) is 13.4. The summed E-state index contributed by atoms with van der Waals surface area (Å²) < 4.78 is 11.1. The van der Waals surface area contributed by atoms with E-state index < -0.39 is 5.38 Å². The minimum atomic E-state index is -0.484. The van der Waals surface area contributed by atoms with Crippen LogP contribution in [0.5, 0.6) is 0 Å². The van der Waals surface area contributed by atoms with Crippen molar-refractivity contribution in [1.29, 1.82) is 0 Å². The molecule has 3 atom stereocenters. The zero-order valence-corrected chi connectivity index (χ0v) is 10.9. The van der Waals surface area contributed by atoms with E-state index in [1.54, 1.807) is 11.8 Å². The molecule has 1 aliphatic rings. The SMILES string of the molecule is CCO[C@H]1CN(C(=O)[C@@H](C)Cl)C[C@H]1OCC. The van der Waals surface area contributed by atoms with E-state index in [9.17, 15) is 4.79 Å². The average molecular weight is 250 g/mol. The summed E-state index contributed by atoms with van der Waals surface area (Å²) in [5.74, 6) is -0.0476. The fourth-order valence-electron chi connectivity index (χ4n) is 1.92. The molecule has 94 valence electrons. The smallest absolute Gasteiger partial charge is 0.240 e. The molecule has 1 amide bonds. The Hall–Kier alpha value is -0.320. The Morgan fingerprint density at radius 2 is 1.75 bits per heavy atom. The van der Waals surface area contributed by atoms with Gasteiger partial charge < -0.3 is 14.4 Å². The minimum Gasteiger partial charge on any atom is -0.374 e. The van der Waals surface area contributed by atoms with E-state index in [0.29, 0.717) is 26.3 Å². The Morgan fingerprint density at radius 1 is 1.31 bits per heavy atom. The molecule has 0 bridgehead atoms. The number of amides is 1. The van der Waals surface area contributed by atoms with Crippen LogP contribution in [0.15, 0.2) is 0 Å². The van der Waals surface area contributed by atoms with E-state index in [4.69, 9.17) is 21.1 Å². The number of ether oxygens (including phenoxy) is 2. The van der Waals surface area contributed by atoms with Gasteiger partial charge in [0.2, 0.25) is 5.91 Å². The Bertz CT molecular complexity index is 221. The summed E-state index contributed by atoms with van der Waals surface area (Å²) in [5.41, 5.74) is 0. The van der Waals surface area contributed by atoms with Crippen molar-refractivity contribution < 1.29 is 14.3 Å². The highest BCUT2D eigenvalue weighted by molar-refractivity contribution is 6.30. The second-order valence-corrected chi connectivity index (χ2v) is 4.50. The Balaban J connectivity index is 2.57. The molecule has 4 nitrogen and oxygen atoms in total. The van der Waals surface area contributed by atoms with Gasteiger partial charge in [-0.2, -0.15) is 0 Å². The molecule has 0 spiro atoms. The molecule has 1 aliphatic heterocycles. The van der Waals surface area contributed by atoms with Gasteiger partial charge in [-0.1, -0.05) is 0 Å². The number of halogens is 1. The van der Waals surface area contributed by atoms with E-state index in [0.717, 1.165) is 0 Å². The maximum Gasteiger partial charge on any atom is 0.240 e. The lowest BCUT2D eigenvalue weighted by Crippen LogP contribution is -2.34. The molecule has 0 unspecified atom stereocenters. The highest BCUT2D eigenvalue weighted by atomic mass is 35.5. The van der Waals surface area contributed by atoms with E-state index in [1.807, 2.05) is 13.8 Å². The molecule has 0 saturated carbocycles. The third-order valence-corrected chi connectivity index (χ3v) is 2.82. The van der Waals surface area contributed by atoms with Gasteiger partial charge in [-0.25, -0.2) is 0 Å². The molecular weight excluding hydrogens is 230 g/mol. The standard InChI is InChI=1S/C11H20ClNO3/c1-4-15-9-6-13(11(14)8(3)12)7-10(9)16-5-2/h8-10H,4-7H2,1-3H3/t8-,9-,10+/m1/s1. The summed E-state index contributed by atoms with van der Waals surface area (Å²) in [6.07, 6.45) is -0.0476. The maximum atomic E-state index is 11.7. The molecule has 0 aromatic carbocycles. The molecule has 0 radical (unpaired) electrons. The van der Waals surface area contributed by atoms with Crippen molar-refractivity contribution in [3.63, 3.8) is 0 Å². The fraction of sp³-hybridized carbons (Fsp3) is 0.909. The van der Waals surface area contributed by atoms with Crippen molar-refractivity contribution in [2.75, 3.05) is 26.3 Å². The lowest BCUT2D eigenvalue weighted by molar-refractivity contribution is -0.130. The second-order valence-electron chi connectivity index (χ2n) is 3.85. The average Bonchev–Trinajstić information content (AvgIpc) is 2.62. The maximum absolute atomic E-state index is 11.7. The van der Waals surface area contributed by atoms with Crippen molar-refractivity contribution in [2.24, 2.45) is 0 Å². The van der Waals surface area contributed by atoms with Gasteiger partial charge in [0.25, 0.3) is 0 Å². The summed E-state index contributed by atoms with van der Waals surface area (Å²) in [5, 5.41) is -0.484. The molecule has 1 heterocycles. The first kappa shape index (κ1) is 13.7. The number of hydrogen-bond donors (Lipinski definition) is 0. The van der Waals surface area contributed by atoms with Gasteiger partial charge in [0.05, 0.1) is 0 Å². The predicted octanol–water partition coefficient (Wildman–Crippen LogP) is 1.27. The third kappa shape index (κ3) is 3.34. The number of rotatable bonds is 5. The zero-order valence-electron chi connectivity index (χ0n) is 10.1. The van der Waals surface area contributed by atoms with Crippen molar-refractivity contribution in [3.05, 3.63) is 0 Å². The summed E-state index contributed by atoms with van der Waals surface area (Å²) in [6, 6.07) is 0. The van der Waals surface area contributed by atoms with Crippen LogP contribution in [-0.2, 0) is 14.3 Å². The van der Waals surface area contributed by atoms with Gasteiger partial charge in [0.1, 0.15) is 17.6 Å². The quantitative estimate of drug-likeness (QED) is 0.689. The van der Waals surface area contributed by atoms with Crippen LogP contribution in [0.3, 0.4) is 0 Å². The first-order valence-corrected chi connectivity index (χ1v) is 6.19. The van der Waals surface area contributed by atoms with Crippen LogP contribution < -0.4 is 0 Å². The lowest BCUT2D eigenvalue weighted by atomic mass is 10.2. The molecule has 1 saturated heterocycles. The molecule has 16 heavy (non-hydrogen) atoms. The van der Waals surface area contributed by atoms with Crippen LogP contribution in [-0.4, -0.2) is 54.7 Å². The molecule has 5 heteroatoms. The largest absolute Gasteiger partial charge is 0.374 e. The van der Waals surface area contributed by atoms with Gasteiger partial charge in [-0.15, -0.1) is 11.6 Å². The topological polar surface area (TPSA) is 38.8 Å². The Morgan fingerprint density at radius 3 is 2.06 bits per heavy atom. The molecule has 0 aromatic heterocycles. The van der Waals surface area contributed by atoms with Crippen LogP contribution in [0.1, 0.15) is 20.8 Å². The molecule has 1 rings (SSSR count). The van der Waals surface area contributed by atoms with Crippen molar-refractivity contribution in [1.82, 2.24) is 4.90 Å². The highest BCUT2D eigenvalue weighted by Crippen LogP contribution is 2.18. The van der Waals surface area contributed by atoms with E-state index in [-0.39, 0.29) is 18.1 Å². The molecular formula is C11H20ClNO3. The third-order valence-electron chi connectivity index (χ3n) is 2.63. The van der Waals surface area contributed by atoms with E-state index in [2.05, 4.69) is 0 Å². The van der Waals surface area contributed by atoms with E-state index >= 15 is 0 Å². The van der Waals surface area contributed by atoms with Gasteiger partial charge in [-0.05, 0) is 20.8 Å². The van der Waals surface area contributed by atoms with Crippen LogP contribution in [0.2, 0.25) is 0 Å². The van der Waals surface area contributed by atoms with Gasteiger partial charge in [0, 0.05) is 26.3 Å². The lowest BCUT2D eigenvalue weighted by Gasteiger charge is -2.17. The monoisotopic (exact) mass is 249 g/mol. The minimum absolute atomic E-state index is 0.0238. The molecule has 0 aliphatic carbocycles. The Labute approximate surface area is 102 Å². The van der Waals surface area contributed by atoms with Crippen LogP contribution >= 0.6 is 11.6 Å². The highest BCUT2D eigenvalue weighted by Gasteiger charge is 2.37. The zero-order chi connectivity index (χ0) is 12.1. The molecule has 1 fully saturated rings. The number of carbonyl (C=O) groups excluding carboxylic acids is 1.